The molecule has 6 heteroatoms. The minimum absolute atomic E-state index is 0.383. The third-order valence-corrected chi connectivity index (χ3v) is 4.74. The summed E-state index contributed by atoms with van der Waals surface area (Å²) in [7, 11) is -3.42. The number of rotatable bonds is 7. The standard InChI is InChI=1S/C18H19N3O2S/c22-24(23,15-10-16-6-2-1-3-7-16)20-12-5-13-21-14-9-17-8-4-11-19-18(17)21/h1-4,6-11,14-15,20H,5,12-13H2. The Morgan fingerprint density at radius 2 is 1.92 bits per heavy atom. The topological polar surface area (TPSA) is 64.0 Å². The Morgan fingerprint density at radius 1 is 1.08 bits per heavy atom. The number of nitrogens with one attached hydrogen (secondary N) is 1. The van der Waals surface area contributed by atoms with Crippen molar-refractivity contribution in [1.82, 2.24) is 14.3 Å². The molecule has 2 heterocycles. The molecule has 0 saturated carbocycles. The minimum Gasteiger partial charge on any atom is -0.332 e. The van der Waals surface area contributed by atoms with Crippen LogP contribution in [0, 0.1) is 0 Å². The summed E-state index contributed by atoms with van der Waals surface area (Å²) in [5.41, 5.74) is 1.78. The van der Waals surface area contributed by atoms with E-state index in [9.17, 15) is 8.42 Å². The highest BCUT2D eigenvalue weighted by Gasteiger charge is 2.05. The van der Waals surface area contributed by atoms with Crippen molar-refractivity contribution in [2.75, 3.05) is 6.54 Å². The van der Waals surface area contributed by atoms with Crippen molar-refractivity contribution in [2.45, 2.75) is 13.0 Å². The van der Waals surface area contributed by atoms with Crippen LogP contribution in [0.3, 0.4) is 0 Å². The van der Waals surface area contributed by atoms with Crippen LogP contribution >= 0.6 is 0 Å². The lowest BCUT2D eigenvalue weighted by atomic mass is 10.2. The van der Waals surface area contributed by atoms with Gasteiger partial charge >= 0.3 is 0 Å². The molecule has 1 aromatic carbocycles. The highest BCUT2D eigenvalue weighted by atomic mass is 32.2. The summed E-state index contributed by atoms with van der Waals surface area (Å²) in [5.74, 6) is 0. The fraction of sp³-hybridized carbons (Fsp3) is 0.167. The molecule has 3 aromatic rings. The van der Waals surface area contributed by atoms with E-state index in [-0.39, 0.29) is 0 Å². The maximum atomic E-state index is 12.0. The molecule has 0 spiro atoms. The monoisotopic (exact) mass is 341 g/mol. The van der Waals surface area contributed by atoms with E-state index in [0.717, 1.165) is 16.6 Å². The maximum Gasteiger partial charge on any atom is 0.233 e. The third-order valence-electron chi connectivity index (χ3n) is 3.64. The molecular weight excluding hydrogens is 322 g/mol. The Balaban J connectivity index is 1.51. The second-order valence-electron chi connectivity index (χ2n) is 5.43. The Morgan fingerprint density at radius 3 is 2.75 bits per heavy atom. The van der Waals surface area contributed by atoms with Crippen LogP contribution in [-0.2, 0) is 16.6 Å². The fourth-order valence-electron chi connectivity index (χ4n) is 2.45. The number of sulfonamides is 1. The van der Waals surface area contributed by atoms with Gasteiger partial charge in [0.1, 0.15) is 5.65 Å². The van der Waals surface area contributed by atoms with Gasteiger partial charge in [-0.15, -0.1) is 0 Å². The van der Waals surface area contributed by atoms with E-state index in [4.69, 9.17) is 0 Å². The van der Waals surface area contributed by atoms with Crippen molar-refractivity contribution >= 4 is 27.1 Å². The lowest BCUT2D eigenvalue weighted by molar-refractivity contribution is 0.580. The smallest absolute Gasteiger partial charge is 0.233 e. The van der Waals surface area contributed by atoms with E-state index in [0.29, 0.717) is 19.5 Å². The summed E-state index contributed by atoms with van der Waals surface area (Å²) < 4.78 is 28.5. The van der Waals surface area contributed by atoms with E-state index in [1.165, 1.54) is 5.41 Å². The lowest BCUT2D eigenvalue weighted by Crippen LogP contribution is -2.23. The summed E-state index contributed by atoms with van der Waals surface area (Å²) in [5, 5.41) is 2.29. The van der Waals surface area contributed by atoms with Crippen LogP contribution in [0.25, 0.3) is 17.1 Å². The number of pyridine rings is 1. The molecule has 124 valence electrons. The largest absolute Gasteiger partial charge is 0.332 e. The number of fused-ring (bicyclic) bond motifs is 1. The van der Waals surface area contributed by atoms with Crippen LogP contribution in [-0.4, -0.2) is 24.5 Å². The lowest BCUT2D eigenvalue weighted by Gasteiger charge is -2.05. The molecule has 0 aliphatic rings. The number of benzene rings is 1. The molecule has 0 aliphatic heterocycles. The van der Waals surface area contributed by atoms with Crippen LogP contribution in [0.4, 0.5) is 0 Å². The molecule has 3 rings (SSSR count). The highest BCUT2D eigenvalue weighted by Crippen LogP contribution is 2.12. The number of nitrogens with zero attached hydrogens (tertiary/aromatic N) is 2. The minimum atomic E-state index is -3.42. The molecule has 0 atom stereocenters. The van der Waals surface area contributed by atoms with E-state index in [2.05, 4.69) is 9.71 Å². The van der Waals surface area contributed by atoms with Crippen molar-refractivity contribution in [3.8, 4) is 0 Å². The van der Waals surface area contributed by atoms with Gasteiger partial charge in [-0.05, 0) is 36.3 Å². The van der Waals surface area contributed by atoms with Gasteiger partial charge < -0.3 is 4.57 Å². The van der Waals surface area contributed by atoms with Gasteiger partial charge in [-0.1, -0.05) is 30.3 Å². The molecule has 0 aliphatic carbocycles. The van der Waals surface area contributed by atoms with Crippen molar-refractivity contribution < 1.29 is 8.42 Å². The Kier molecular flexibility index (Phi) is 5.08. The molecule has 0 saturated heterocycles. The van der Waals surface area contributed by atoms with Gasteiger partial charge in [0.25, 0.3) is 0 Å². The molecule has 0 unspecified atom stereocenters. The molecule has 0 fully saturated rings. The molecular formula is C18H19N3O2S. The van der Waals surface area contributed by atoms with Crippen LogP contribution in [0.1, 0.15) is 12.0 Å². The summed E-state index contributed by atoms with van der Waals surface area (Å²) in [4.78, 5) is 4.34. The number of aromatic nitrogens is 2. The second kappa shape index (κ2) is 7.42. The zero-order valence-electron chi connectivity index (χ0n) is 13.2. The summed E-state index contributed by atoms with van der Waals surface area (Å²) in [6, 6.07) is 15.3. The van der Waals surface area contributed by atoms with Crippen molar-refractivity contribution in [3.63, 3.8) is 0 Å². The summed E-state index contributed by atoms with van der Waals surface area (Å²) in [6.07, 6.45) is 6.02. The Labute approximate surface area is 141 Å². The second-order valence-corrected chi connectivity index (χ2v) is 7.08. The Bertz CT molecular complexity index is 931. The van der Waals surface area contributed by atoms with E-state index < -0.39 is 10.0 Å². The van der Waals surface area contributed by atoms with Crippen molar-refractivity contribution in [3.05, 3.63) is 71.9 Å². The molecule has 1 N–H and O–H groups in total. The van der Waals surface area contributed by atoms with Gasteiger partial charge in [-0.3, -0.25) is 0 Å². The maximum absolute atomic E-state index is 12.0. The molecule has 2 aromatic heterocycles. The predicted molar refractivity (Wildman–Crippen MR) is 96.7 cm³/mol. The summed E-state index contributed by atoms with van der Waals surface area (Å²) in [6.45, 7) is 1.10. The normalized spacial score (nSPS) is 12.2. The SMILES string of the molecule is O=S(=O)(C=Cc1ccccc1)NCCCn1ccc2cccnc21. The van der Waals surface area contributed by atoms with Crippen LogP contribution in [0.2, 0.25) is 0 Å². The van der Waals surface area contributed by atoms with Gasteiger partial charge in [-0.25, -0.2) is 18.1 Å². The molecule has 0 bridgehead atoms. The first-order chi connectivity index (χ1) is 11.6. The first-order valence-electron chi connectivity index (χ1n) is 7.77. The molecule has 0 amide bonds. The zero-order valence-corrected chi connectivity index (χ0v) is 14.0. The zero-order chi connectivity index (χ0) is 16.8. The van der Waals surface area contributed by atoms with Gasteiger partial charge in [0.15, 0.2) is 0 Å². The first-order valence-corrected chi connectivity index (χ1v) is 9.31. The van der Waals surface area contributed by atoms with Crippen molar-refractivity contribution in [1.29, 1.82) is 0 Å². The quantitative estimate of drug-likeness (QED) is 0.672. The van der Waals surface area contributed by atoms with Crippen LogP contribution < -0.4 is 4.72 Å². The van der Waals surface area contributed by atoms with Gasteiger partial charge in [0, 0.05) is 36.3 Å². The summed E-state index contributed by atoms with van der Waals surface area (Å²) >= 11 is 0. The predicted octanol–water partition coefficient (Wildman–Crippen LogP) is 3.02. The average molecular weight is 341 g/mol. The van der Waals surface area contributed by atoms with Crippen LogP contribution in [0.15, 0.2) is 66.3 Å². The molecule has 0 radical (unpaired) electrons. The molecule has 24 heavy (non-hydrogen) atoms. The fourth-order valence-corrected chi connectivity index (χ4v) is 3.31. The average Bonchev–Trinajstić information content (AvgIpc) is 3.01. The van der Waals surface area contributed by atoms with E-state index >= 15 is 0 Å². The van der Waals surface area contributed by atoms with Gasteiger partial charge in [-0.2, -0.15) is 0 Å². The molecule has 5 nitrogen and oxygen atoms in total. The highest BCUT2D eigenvalue weighted by molar-refractivity contribution is 7.92. The van der Waals surface area contributed by atoms with Gasteiger partial charge in [0.2, 0.25) is 10.0 Å². The third kappa shape index (κ3) is 4.31. The number of aryl methyl sites for hydroxylation is 1. The number of hydrogen-bond donors (Lipinski definition) is 1. The number of hydrogen-bond acceptors (Lipinski definition) is 3. The van der Waals surface area contributed by atoms with E-state index in [1.54, 1.807) is 12.3 Å². The van der Waals surface area contributed by atoms with Crippen LogP contribution in [0.5, 0.6) is 0 Å². The first kappa shape index (κ1) is 16.4. The van der Waals surface area contributed by atoms with E-state index in [1.807, 2.05) is 59.3 Å². The Hall–Kier alpha value is -2.44. The van der Waals surface area contributed by atoms with Crippen molar-refractivity contribution in [2.24, 2.45) is 0 Å². The van der Waals surface area contributed by atoms with Gasteiger partial charge in [0.05, 0.1) is 0 Å².